The Morgan fingerprint density at radius 2 is 2.29 bits per heavy atom. The van der Waals surface area contributed by atoms with Crippen LogP contribution in [0.2, 0.25) is 5.02 Å². The smallest absolute Gasteiger partial charge is 0.302 e. The van der Waals surface area contributed by atoms with Crippen molar-refractivity contribution in [3.05, 3.63) is 45.2 Å². The normalized spacial score (nSPS) is 10.2. The number of benzene rings is 1. The summed E-state index contributed by atoms with van der Waals surface area (Å²) < 4.78 is 4.98. The van der Waals surface area contributed by atoms with Crippen LogP contribution >= 0.6 is 11.6 Å². The van der Waals surface area contributed by atoms with Crippen LogP contribution in [0.4, 0.5) is 11.4 Å². The summed E-state index contributed by atoms with van der Waals surface area (Å²) in [6, 6.07) is 4.07. The van der Waals surface area contributed by atoms with E-state index in [0.717, 1.165) is 6.20 Å². The van der Waals surface area contributed by atoms with Gasteiger partial charge in [-0.3, -0.25) is 4.79 Å². The SMILES string of the molecule is COc1cc(N)c(NC(=O)c2ccn([N+](=O)[O-])n2)cc1Cl. The van der Waals surface area contributed by atoms with Gasteiger partial charge in [-0.1, -0.05) is 11.6 Å². The number of hydrogen-bond donors (Lipinski definition) is 2. The Hall–Kier alpha value is -2.81. The van der Waals surface area contributed by atoms with Crippen LogP contribution in [0.3, 0.4) is 0 Å². The molecule has 0 radical (unpaired) electrons. The molecule has 1 amide bonds. The summed E-state index contributed by atoms with van der Waals surface area (Å²) in [6.07, 6.45) is 1.05. The van der Waals surface area contributed by atoms with Crippen molar-refractivity contribution >= 4 is 28.9 Å². The molecule has 0 aliphatic heterocycles. The number of nitrogens with two attached hydrogens (primary N) is 1. The van der Waals surface area contributed by atoms with E-state index in [4.69, 9.17) is 22.1 Å². The molecule has 1 aromatic carbocycles. The highest BCUT2D eigenvalue weighted by Gasteiger charge is 2.19. The van der Waals surface area contributed by atoms with Crippen LogP contribution in [0.1, 0.15) is 10.5 Å². The lowest BCUT2D eigenvalue weighted by Crippen LogP contribution is -2.16. The third kappa shape index (κ3) is 3.03. The van der Waals surface area contributed by atoms with Gasteiger partial charge in [-0.15, -0.1) is 0 Å². The quantitative estimate of drug-likeness (QED) is 0.499. The molecule has 0 spiro atoms. The fraction of sp³-hybridized carbons (Fsp3) is 0.0909. The van der Waals surface area contributed by atoms with Crippen molar-refractivity contribution in [1.29, 1.82) is 0 Å². The highest BCUT2D eigenvalue weighted by atomic mass is 35.5. The van der Waals surface area contributed by atoms with Gasteiger partial charge in [0.05, 0.1) is 33.6 Å². The van der Waals surface area contributed by atoms with Gasteiger partial charge in [-0.2, -0.15) is 0 Å². The van der Waals surface area contributed by atoms with Crippen molar-refractivity contribution in [2.24, 2.45) is 0 Å². The number of carbonyl (C=O) groups excluding carboxylic acids is 1. The molecule has 3 N–H and O–H groups in total. The summed E-state index contributed by atoms with van der Waals surface area (Å²) in [5, 5.41) is 15.9. The van der Waals surface area contributed by atoms with Crippen molar-refractivity contribution < 1.29 is 14.6 Å². The van der Waals surface area contributed by atoms with E-state index in [1.54, 1.807) is 0 Å². The van der Waals surface area contributed by atoms with Crippen LogP contribution in [0.15, 0.2) is 24.4 Å². The lowest BCUT2D eigenvalue weighted by atomic mass is 10.2. The molecule has 10 heteroatoms. The Labute approximate surface area is 123 Å². The molecule has 2 aromatic rings. The molecule has 21 heavy (non-hydrogen) atoms. The van der Waals surface area contributed by atoms with E-state index in [2.05, 4.69) is 10.4 Å². The van der Waals surface area contributed by atoms with Crippen molar-refractivity contribution in [3.63, 3.8) is 0 Å². The topological polar surface area (TPSA) is 125 Å². The molecule has 0 bridgehead atoms. The van der Waals surface area contributed by atoms with Gasteiger partial charge in [0.1, 0.15) is 11.9 Å². The Kier molecular flexibility index (Phi) is 3.94. The monoisotopic (exact) mass is 311 g/mol. The maximum absolute atomic E-state index is 11.9. The summed E-state index contributed by atoms with van der Waals surface area (Å²) in [4.78, 5) is 22.8. The lowest BCUT2D eigenvalue weighted by Gasteiger charge is -2.09. The summed E-state index contributed by atoms with van der Waals surface area (Å²) >= 11 is 5.94. The molecule has 9 nitrogen and oxygen atoms in total. The number of hydrogen-bond acceptors (Lipinski definition) is 6. The van der Waals surface area contributed by atoms with Crippen LogP contribution in [0, 0.1) is 10.1 Å². The Morgan fingerprint density at radius 3 is 2.86 bits per heavy atom. The summed E-state index contributed by atoms with van der Waals surface area (Å²) in [6.45, 7) is 0. The second kappa shape index (κ2) is 5.67. The lowest BCUT2D eigenvalue weighted by molar-refractivity contribution is -0.552. The zero-order valence-electron chi connectivity index (χ0n) is 10.7. The van der Waals surface area contributed by atoms with Crippen molar-refractivity contribution in [2.45, 2.75) is 0 Å². The molecule has 0 aliphatic rings. The number of carbonyl (C=O) groups is 1. The van der Waals surface area contributed by atoms with Crippen molar-refractivity contribution in [3.8, 4) is 5.75 Å². The van der Waals surface area contributed by atoms with Gasteiger partial charge in [0.2, 0.25) is 0 Å². The molecular formula is C11H10ClN5O4. The number of halogens is 1. The predicted molar refractivity (Wildman–Crippen MR) is 75.0 cm³/mol. The number of nitro groups is 1. The predicted octanol–water partition coefficient (Wildman–Crippen LogP) is 1.42. The minimum absolute atomic E-state index is 0.127. The van der Waals surface area contributed by atoms with Crippen LogP contribution in [-0.4, -0.2) is 27.9 Å². The summed E-state index contributed by atoms with van der Waals surface area (Å²) in [5.41, 5.74) is 6.12. The molecule has 0 fully saturated rings. The first-order chi connectivity index (χ1) is 9.92. The third-order valence-electron chi connectivity index (χ3n) is 2.55. The van der Waals surface area contributed by atoms with Crippen LogP contribution in [0.25, 0.3) is 0 Å². The first-order valence-electron chi connectivity index (χ1n) is 5.57. The molecular weight excluding hydrogens is 302 g/mol. The zero-order valence-corrected chi connectivity index (χ0v) is 11.5. The highest BCUT2D eigenvalue weighted by Crippen LogP contribution is 2.32. The molecule has 1 aromatic heterocycles. The van der Waals surface area contributed by atoms with E-state index in [1.807, 2.05) is 0 Å². The van der Waals surface area contributed by atoms with Gasteiger partial charge < -0.3 is 25.9 Å². The molecule has 0 atom stereocenters. The molecule has 0 saturated heterocycles. The fourth-order valence-electron chi connectivity index (χ4n) is 1.55. The van der Waals surface area contributed by atoms with Crippen LogP contribution in [0.5, 0.6) is 5.75 Å². The number of ether oxygens (including phenoxy) is 1. The summed E-state index contributed by atoms with van der Waals surface area (Å²) in [7, 11) is 1.43. The first kappa shape index (κ1) is 14.6. The number of amides is 1. The maximum Gasteiger partial charge on any atom is 0.302 e. The fourth-order valence-corrected chi connectivity index (χ4v) is 1.79. The number of rotatable bonds is 4. The number of methoxy groups -OCH3 is 1. The van der Waals surface area contributed by atoms with E-state index in [0.29, 0.717) is 10.5 Å². The van der Waals surface area contributed by atoms with Crippen LogP contribution < -0.4 is 15.8 Å². The summed E-state index contributed by atoms with van der Waals surface area (Å²) in [5.74, 6) is -0.284. The van der Waals surface area contributed by atoms with Crippen molar-refractivity contribution in [1.82, 2.24) is 9.89 Å². The minimum atomic E-state index is -0.768. The second-order valence-electron chi connectivity index (χ2n) is 3.89. The molecule has 1 heterocycles. The van der Waals surface area contributed by atoms with Gasteiger partial charge in [-0.05, 0) is 6.07 Å². The average Bonchev–Trinajstić information content (AvgIpc) is 2.92. The molecule has 0 unspecified atom stereocenters. The van der Waals surface area contributed by atoms with E-state index in [9.17, 15) is 14.9 Å². The minimum Gasteiger partial charge on any atom is -0.495 e. The zero-order chi connectivity index (χ0) is 15.6. The number of anilines is 2. The van der Waals surface area contributed by atoms with E-state index in [1.165, 1.54) is 25.3 Å². The van der Waals surface area contributed by atoms with E-state index >= 15 is 0 Å². The number of aromatic nitrogens is 2. The molecule has 0 aliphatic carbocycles. The van der Waals surface area contributed by atoms with E-state index in [-0.39, 0.29) is 22.1 Å². The highest BCUT2D eigenvalue weighted by molar-refractivity contribution is 6.32. The van der Waals surface area contributed by atoms with Gasteiger partial charge in [0.25, 0.3) is 5.69 Å². The first-order valence-corrected chi connectivity index (χ1v) is 5.95. The van der Waals surface area contributed by atoms with Gasteiger partial charge in [-0.25, -0.2) is 0 Å². The van der Waals surface area contributed by atoms with Gasteiger partial charge in [0.15, 0.2) is 0 Å². The standard InChI is InChI=1S/C11H10ClN5O4/c1-21-10-5-7(13)9(4-6(10)12)14-11(18)8-2-3-16(15-8)17(19)20/h2-5H,13H2,1H3,(H,14,18). The maximum atomic E-state index is 11.9. The van der Waals surface area contributed by atoms with Gasteiger partial charge >= 0.3 is 5.91 Å². The number of nitrogen functional groups attached to an aromatic ring is 1. The van der Waals surface area contributed by atoms with E-state index < -0.39 is 10.9 Å². The Bertz CT molecular complexity index is 715. The molecule has 2 rings (SSSR count). The second-order valence-corrected chi connectivity index (χ2v) is 4.29. The van der Waals surface area contributed by atoms with Crippen LogP contribution in [-0.2, 0) is 0 Å². The number of nitrogens with one attached hydrogen (secondary N) is 1. The van der Waals surface area contributed by atoms with Crippen molar-refractivity contribution in [2.75, 3.05) is 18.2 Å². The third-order valence-corrected chi connectivity index (χ3v) is 2.84. The largest absolute Gasteiger partial charge is 0.495 e. The number of nitrogens with zero attached hydrogens (tertiary/aromatic N) is 3. The Balaban J connectivity index is 2.23. The molecule has 110 valence electrons. The van der Waals surface area contributed by atoms with Gasteiger partial charge in [0, 0.05) is 16.9 Å². The average molecular weight is 312 g/mol. The Morgan fingerprint density at radius 1 is 1.57 bits per heavy atom. The molecule has 0 saturated carbocycles.